The number of hydrogen-bond donors (Lipinski definition) is 1. The van der Waals surface area contributed by atoms with E-state index in [-0.39, 0.29) is 12.5 Å². The Morgan fingerprint density at radius 3 is 2.33 bits per heavy atom. The second kappa shape index (κ2) is 8.98. The standard InChI is InChI=1S/C23H26N2O5/c1-23(2,3)30-22(28)24-19-10-8-17(9-11-19)21(27)29-15-20(26)25-13-12-16-6-4-5-7-18(16)14-25/h4-11H,12-15H2,1-3H3,(H,24,28). The molecule has 0 saturated heterocycles. The molecule has 2 aromatic carbocycles. The van der Waals surface area contributed by atoms with Crippen molar-refractivity contribution in [1.29, 1.82) is 0 Å². The van der Waals surface area contributed by atoms with E-state index in [4.69, 9.17) is 9.47 Å². The molecule has 0 saturated carbocycles. The lowest BCUT2D eigenvalue weighted by molar-refractivity contribution is -0.135. The summed E-state index contributed by atoms with van der Waals surface area (Å²) in [6.45, 7) is 6.15. The number of fused-ring (bicyclic) bond motifs is 1. The first-order valence-corrected chi connectivity index (χ1v) is 9.83. The van der Waals surface area contributed by atoms with Gasteiger partial charge in [0.15, 0.2) is 6.61 Å². The van der Waals surface area contributed by atoms with E-state index in [0.29, 0.717) is 24.3 Å². The monoisotopic (exact) mass is 410 g/mol. The maximum atomic E-state index is 12.4. The number of hydrogen-bond acceptors (Lipinski definition) is 5. The van der Waals surface area contributed by atoms with Crippen LogP contribution >= 0.6 is 0 Å². The second-order valence-electron chi connectivity index (χ2n) is 8.11. The highest BCUT2D eigenvalue weighted by molar-refractivity contribution is 5.92. The SMILES string of the molecule is CC(C)(C)OC(=O)Nc1ccc(C(=O)OCC(=O)N2CCc3ccccc3C2)cc1. The van der Waals surface area contributed by atoms with E-state index in [0.717, 1.165) is 12.0 Å². The third-order valence-corrected chi connectivity index (χ3v) is 4.58. The molecule has 3 rings (SSSR count). The smallest absolute Gasteiger partial charge is 0.412 e. The van der Waals surface area contributed by atoms with Crippen molar-refractivity contribution in [3.05, 3.63) is 65.2 Å². The quantitative estimate of drug-likeness (QED) is 0.776. The van der Waals surface area contributed by atoms with Crippen LogP contribution in [0.1, 0.15) is 42.3 Å². The van der Waals surface area contributed by atoms with E-state index in [1.54, 1.807) is 37.8 Å². The van der Waals surface area contributed by atoms with Crippen molar-refractivity contribution in [2.24, 2.45) is 0 Å². The van der Waals surface area contributed by atoms with Crippen LogP contribution in [0.2, 0.25) is 0 Å². The Balaban J connectivity index is 1.49. The van der Waals surface area contributed by atoms with Crippen LogP contribution in [0.5, 0.6) is 0 Å². The van der Waals surface area contributed by atoms with Crippen LogP contribution in [0.3, 0.4) is 0 Å². The molecule has 0 atom stereocenters. The van der Waals surface area contributed by atoms with E-state index < -0.39 is 17.7 Å². The lowest BCUT2D eigenvalue weighted by Gasteiger charge is -2.28. The van der Waals surface area contributed by atoms with Crippen molar-refractivity contribution in [2.75, 3.05) is 18.5 Å². The van der Waals surface area contributed by atoms with Gasteiger partial charge in [-0.25, -0.2) is 9.59 Å². The van der Waals surface area contributed by atoms with Crippen LogP contribution in [0.4, 0.5) is 10.5 Å². The maximum Gasteiger partial charge on any atom is 0.412 e. The Kier molecular flexibility index (Phi) is 6.40. The molecule has 30 heavy (non-hydrogen) atoms. The van der Waals surface area contributed by atoms with E-state index in [1.807, 2.05) is 18.2 Å². The molecule has 7 nitrogen and oxygen atoms in total. The van der Waals surface area contributed by atoms with E-state index in [2.05, 4.69) is 11.4 Å². The summed E-state index contributed by atoms with van der Waals surface area (Å²) in [7, 11) is 0. The number of nitrogens with zero attached hydrogens (tertiary/aromatic N) is 1. The van der Waals surface area contributed by atoms with Crippen molar-refractivity contribution >= 4 is 23.7 Å². The fourth-order valence-electron chi connectivity index (χ4n) is 3.12. The van der Waals surface area contributed by atoms with Gasteiger partial charge in [-0.1, -0.05) is 24.3 Å². The van der Waals surface area contributed by atoms with E-state index in [1.165, 1.54) is 17.7 Å². The molecule has 1 heterocycles. The lowest BCUT2D eigenvalue weighted by Crippen LogP contribution is -2.38. The molecule has 0 bridgehead atoms. The van der Waals surface area contributed by atoms with Crippen molar-refractivity contribution in [3.8, 4) is 0 Å². The molecule has 0 fully saturated rings. The minimum atomic E-state index is -0.600. The zero-order valence-corrected chi connectivity index (χ0v) is 17.4. The normalized spacial score (nSPS) is 13.2. The molecule has 1 N–H and O–H groups in total. The van der Waals surface area contributed by atoms with Gasteiger partial charge < -0.3 is 14.4 Å². The lowest BCUT2D eigenvalue weighted by atomic mass is 10.00. The van der Waals surface area contributed by atoms with E-state index >= 15 is 0 Å². The number of ether oxygens (including phenoxy) is 2. The third-order valence-electron chi connectivity index (χ3n) is 4.58. The Bertz CT molecular complexity index is 931. The number of nitrogens with one attached hydrogen (secondary N) is 1. The van der Waals surface area contributed by atoms with Crippen molar-refractivity contribution in [2.45, 2.75) is 39.3 Å². The number of anilines is 1. The van der Waals surface area contributed by atoms with Gasteiger partial charge in [-0.05, 0) is 62.6 Å². The summed E-state index contributed by atoms with van der Waals surface area (Å²) in [6, 6.07) is 14.2. The van der Waals surface area contributed by atoms with E-state index in [9.17, 15) is 14.4 Å². The summed E-state index contributed by atoms with van der Waals surface area (Å²) >= 11 is 0. The summed E-state index contributed by atoms with van der Waals surface area (Å²) < 4.78 is 10.4. The molecule has 0 unspecified atom stereocenters. The Morgan fingerprint density at radius 2 is 1.67 bits per heavy atom. The average molecular weight is 410 g/mol. The first kappa shape index (κ1) is 21.4. The molecular formula is C23H26N2O5. The predicted molar refractivity (Wildman–Crippen MR) is 112 cm³/mol. The summed E-state index contributed by atoms with van der Waals surface area (Å²) in [5, 5.41) is 2.59. The van der Waals surface area contributed by atoms with Gasteiger partial charge in [0.2, 0.25) is 0 Å². The van der Waals surface area contributed by atoms with Gasteiger partial charge in [0, 0.05) is 18.8 Å². The molecule has 0 radical (unpaired) electrons. The van der Waals surface area contributed by atoms with Crippen LogP contribution < -0.4 is 5.32 Å². The summed E-state index contributed by atoms with van der Waals surface area (Å²) in [5.74, 6) is -0.814. The fraction of sp³-hybridized carbons (Fsp3) is 0.348. The van der Waals surface area contributed by atoms with Crippen LogP contribution in [0, 0.1) is 0 Å². The average Bonchev–Trinajstić information content (AvgIpc) is 2.70. The highest BCUT2D eigenvalue weighted by Crippen LogP contribution is 2.19. The largest absolute Gasteiger partial charge is 0.452 e. The Labute approximate surface area is 176 Å². The van der Waals surface area contributed by atoms with Gasteiger partial charge in [0.25, 0.3) is 5.91 Å². The number of carbonyl (C=O) groups is 3. The fourth-order valence-corrected chi connectivity index (χ4v) is 3.12. The zero-order valence-electron chi connectivity index (χ0n) is 17.4. The Hall–Kier alpha value is -3.35. The van der Waals surface area contributed by atoms with Crippen molar-refractivity contribution in [1.82, 2.24) is 4.90 Å². The Morgan fingerprint density at radius 1 is 1.00 bits per heavy atom. The molecule has 1 aliphatic heterocycles. The molecule has 2 aromatic rings. The van der Waals surface area contributed by atoms with Gasteiger partial charge in [-0.2, -0.15) is 0 Å². The minimum absolute atomic E-state index is 0.221. The van der Waals surface area contributed by atoms with Crippen LogP contribution in [-0.2, 0) is 27.2 Å². The maximum absolute atomic E-state index is 12.4. The topological polar surface area (TPSA) is 84.9 Å². The molecule has 0 spiro atoms. The van der Waals surface area contributed by atoms with Crippen LogP contribution in [-0.4, -0.2) is 41.6 Å². The van der Waals surface area contributed by atoms with Gasteiger partial charge in [-0.15, -0.1) is 0 Å². The molecule has 0 aliphatic carbocycles. The first-order valence-electron chi connectivity index (χ1n) is 9.83. The highest BCUT2D eigenvalue weighted by Gasteiger charge is 2.22. The number of amides is 2. The molecule has 7 heteroatoms. The molecule has 2 amide bonds. The van der Waals surface area contributed by atoms with Crippen LogP contribution in [0.15, 0.2) is 48.5 Å². The number of carbonyl (C=O) groups excluding carboxylic acids is 3. The second-order valence-corrected chi connectivity index (χ2v) is 8.11. The van der Waals surface area contributed by atoms with Crippen molar-refractivity contribution < 1.29 is 23.9 Å². The van der Waals surface area contributed by atoms with Gasteiger partial charge >= 0.3 is 12.1 Å². The van der Waals surface area contributed by atoms with Crippen LogP contribution in [0.25, 0.3) is 0 Å². The molecular weight excluding hydrogens is 384 g/mol. The number of rotatable bonds is 4. The van der Waals surface area contributed by atoms with Gasteiger partial charge in [0.05, 0.1) is 5.56 Å². The molecule has 0 aromatic heterocycles. The minimum Gasteiger partial charge on any atom is -0.452 e. The molecule has 1 aliphatic rings. The van der Waals surface area contributed by atoms with Gasteiger partial charge in [-0.3, -0.25) is 10.1 Å². The van der Waals surface area contributed by atoms with Crippen molar-refractivity contribution in [3.63, 3.8) is 0 Å². The summed E-state index contributed by atoms with van der Waals surface area (Å²) in [5.41, 5.74) is 2.55. The first-order chi connectivity index (χ1) is 14.2. The number of benzene rings is 2. The van der Waals surface area contributed by atoms with Gasteiger partial charge in [0.1, 0.15) is 5.60 Å². The summed E-state index contributed by atoms with van der Waals surface area (Å²) in [6.07, 6.45) is 0.216. The zero-order chi connectivity index (χ0) is 21.7. The molecule has 158 valence electrons. The predicted octanol–water partition coefficient (Wildman–Crippen LogP) is 3.78. The third kappa shape index (κ3) is 5.83. The number of esters is 1. The summed E-state index contributed by atoms with van der Waals surface area (Å²) in [4.78, 5) is 38.1. The highest BCUT2D eigenvalue weighted by atomic mass is 16.6.